The molecular formula is C28H35N3O. The Bertz CT molecular complexity index is 1010. The quantitative estimate of drug-likeness (QED) is 0.377. The van der Waals surface area contributed by atoms with Crippen molar-refractivity contribution in [2.75, 3.05) is 5.73 Å². The molecule has 0 aromatic heterocycles. The largest absolute Gasteiger partial charge is 0.398 e. The second kappa shape index (κ2) is 11.0. The molecule has 0 heterocycles. The van der Waals surface area contributed by atoms with Gasteiger partial charge in [0.25, 0.3) is 5.91 Å². The SMILES string of the molecule is CCCc1ccc(C(N)c2cc(C(=O)NC(CC(C)C)c3ccccc3)ccc2N)cc1. The first-order chi connectivity index (χ1) is 15.4. The van der Waals surface area contributed by atoms with Crippen molar-refractivity contribution >= 4 is 11.6 Å². The molecule has 0 aliphatic rings. The van der Waals surface area contributed by atoms with E-state index < -0.39 is 0 Å². The highest BCUT2D eigenvalue weighted by atomic mass is 16.1. The van der Waals surface area contributed by atoms with Crippen molar-refractivity contribution in [1.82, 2.24) is 5.32 Å². The number of carbonyl (C=O) groups excluding carboxylic acids is 1. The van der Waals surface area contributed by atoms with Gasteiger partial charge in [-0.3, -0.25) is 4.79 Å². The van der Waals surface area contributed by atoms with E-state index in [9.17, 15) is 4.79 Å². The van der Waals surface area contributed by atoms with E-state index in [1.165, 1.54) is 5.56 Å². The van der Waals surface area contributed by atoms with Gasteiger partial charge in [0.05, 0.1) is 12.1 Å². The zero-order valence-electron chi connectivity index (χ0n) is 19.3. The number of amides is 1. The van der Waals surface area contributed by atoms with Gasteiger partial charge >= 0.3 is 0 Å². The van der Waals surface area contributed by atoms with E-state index in [0.29, 0.717) is 17.2 Å². The van der Waals surface area contributed by atoms with E-state index in [-0.39, 0.29) is 18.0 Å². The van der Waals surface area contributed by atoms with Crippen molar-refractivity contribution in [2.45, 2.75) is 52.1 Å². The number of hydrogen-bond acceptors (Lipinski definition) is 3. The summed E-state index contributed by atoms with van der Waals surface area (Å²) in [6, 6.07) is 23.4. The fraction of sp³-hybridized carbons (Fsp3) is 0.321. The molecule has 3 aromatic carbocycles. The molecule has 168 valence electrons. The van der Waals surface area contributed by atoms with Crippen LogP contribution in [0.4, 0.5) is 5.69 Å². The number of anilines is 1. The summed E-state index contributed by atoms with van der Waals surface area (Å²) < 4.78 is 0. The average molecular weight is 430 g/mol. The standard InChI is InChI=1S/C28H35N3O/c1-4-8-20-11-13-22(14-12-20)27(30)24-18-23(15-16-25(24)29)28(32)31-26(17-19(2)3)21-9-6-5-7-10-21/h5-7,9-16,18-19,26-27H,4,8,17,29-30H2,1-3H3,(H,31,32). The van der Waals surface area contributed by atoms with E-state index in [1.807, 2.05) is 24.3 Å². The Morgan fingerprint density at radius 2 is 1.62 bits per heavy atom. The second-order valence-electron chi connectivity index (χ2n) is 8.88. The number of nitrogens with one attached hydrogen (secondary N) is 1. The number of hydrogen-bond donors (Lipinski definition) is 3. The van der Waals surface area contributed by atoms with Crippen LogP contribution in [0.25, 0.3) is 0 Å². The zero-order chi connectivity index (χ0) is 23.1. The van der Waals surface area contributed by atoms with Gasteiger partial charge in [0.15, 0.2) is 0 Å². The van der Waals surface area contributed by atoms with Crippen LogP contribution in [-0.4, -0.2) is 5.91 Å². The van der Waals surface area contributed by atoms with Crippen molar-refractivity contribution < 1.29 is 4.79 Å². The predicted octanol–water partition coefficient (Wildman–Crippen LogP) is 5.79. The maximum absolute atomic E-state index is 13.2. The Labute approximate surface area is 192 Å². The highest BCUT2D eigenvalue weighted by Gasteiger charge is 2.19. The molecule has 0 saturated heterocycles. The summed E-state index contributed by atoms with van der Waals surface area (Å²) in [5, 5.41) is 3.21. The summed E-state index contributed by atoms with van der Waals surface area (Å²) in [4.78, 5) is 13.2. The Morgan fingerprint density at radius 1 is 0.938 bits per heavy atom. The van der Waals surface area contributed by atoms with Crippen molar-refractivity contribution in [1.29, 1.82) is 0 Å². The number of nitrogen functional groups attached to an aromatic ring is 1. The number of aryl methyl sites for hydroxylation is 1. The Morgan fingerprint density at radius 3 is 2.25 bits per heavy atom. The van der Waals surface area contributed by atoms with E-state index in [4.69, 9.17) is 11.5 Å². The Hall–Kier alpha value is -3.11. The lowest BCUT2D eigenvalue weighted by Gasteiger charge is -2.22. The molecule has 3 rings (SSSR count). The third-order valence-electron chi connectivity index (χ3n) is 5.78. The summed E-state index contributed by atoms with van der Waals surface area (Å²) in [7, 11) is 0. The molecule has 5 N–H and O–H groups in total. The summed E-state index contributed by atoms with van der Waals surface area (Å²) in [5.41, 5.74) is 18.1. The van der Waals surface area contributed by atoms with Gasteiger partial charge in [0.1, 0.15) is 0 Å². The minimum atomic E-state index is -0.390. The first kappa shape index (κ1) is 23.6. The molecular weight excluding hydrogens is 394 g/mol. The van der Waals surface area contributed by atoms with Crippen LogP contribution in [0.15, 0.2) is 72.8 Å². The molecule has 4 nitrogen and oxygen atoms in total. The maximum atomic E-state index is 13.2. The molecule has 1 amide bonds. The highest BCUT2D eigenvalue weighted by molar-refractivity contribution is 5.95. The molecule has 0 aliphatic heterocycles. The Balaban J connectivity index is 1.82. The monoisotopic (exact) mass is 429 g/mol. The molecule has 3 aromatic rings. The maximum Gasteiger partial charge on any atom is 0.251 e. The lowest BCUT2D eigenvalue weighted by atomic mass is 9.94. The number of nitrogens with two attached hydrogens (primary N) is 2. The summed E-state index contributed by atoms with van der Waals surface area (Å²) in [6.45, 7) is 6.49. The van der Waals surface area contributed by atoms with Crippen molar-refractivity contribution in [3.05, 3.63) is 101 Å². The van der Waals surface area contributed by atoms with Crippen LogP contribution in [0, 0.1) is 5.92 Å². The second-order valence-corrected chi connectivity index (χ2v) is 8.88. The molecule has 0 saturated carbocycles. The minimum Gasteiger partial charge on any atom is -0.398 e. The van der Waals surface area contributed by atoms with Gasteiger partial charge < -0.3 is 16.8 Å². The molecule has 2 unspecified atom stereocenters. The topological polar surface area (TPSA) is 81.1 Å². The minimum absolute atomic E-state index is 0.0514. The van der Waals surface area contributed by atoms with Crippen molar-refractivity contribution in [3.8, 4) is 0 Å². The third kappa shape index (κ3) is 5.98. The van der Waals surface area contributed by atoms with Gasteiger partial charge in [-0.05, 0) is 59.2 Å². The predicted molar refractivity (Wildman–Crippen MR) is 133 cm³/mol. The number of benzene rings is 3. The molecule has 0 bridgehead atoms. The van der Waals surface area contributed by atoms with Crippen LogP contribution in [-0.2, 0) is 6.42 Å². The smallest absolute Gasteiger partial charge is 0.251 e. The van der Waals surface area contributed by atoms with E-state index in [2.05, 4.69) is 62.5 Å². The van der Waals surface area contributed by atoms with Gasteiger partial charge in [0.2, 0.25) is 0 Å². The van der Waals surface area contributed by atoms with Crippen molar-refractivity contribution in [3.63, 3.8) is 0 Å². The molecule has 0 aliphatic carbocycles. The molecule has 0 fully saturated rings. The number of rotatable bonds is 9. The fourth-order valence-electron chi connectivity index (χ4n) is 4.02. The first-order valence-corrected chi connectivity index (χ1v) is 11.5. The van der Waals surface area contributed by atoms with Gasteiger partial charge in [0, 0.05) is 11.3 Å². The molecule has 0 radical (unpaired) electrons. The summed E-state index contributed by atoms with van der Waals surface area (Å²) in [6.07, 6.45) is 3.02. The van der Waals surface area contributed by atoms with Gasteiger partial charge in [-0.25, -0.2) is 0 Å². The zero-order valence-corrected chi connectivity index (χ0v) is 19.3. The normalized spacial score (nSPS) is 13.0. The van der Waals surface area contributed by atoms with Gasteiger partial charge in [-0.1, -0.05) is 81.8 Å². The number of carbonyl (C=O) groups is 1. The van der Waals surface area contributed by atoms with E-state index in [0.717, 1.165) is 36.0 Å². The van der Waals surface area contributed by atoms with E-state index >= 15 is 0 Å². The molecule has 2 atom stereocenters. The van der Waals surface area contributed by atoms with Crippen molar-refractivity contribution in [2.24, 2.45) is 11.7 Å². The van der Waals surface area contributed by atoms with Crippen LogP contribution in [0.1, 0.15) is 78.3 Å². The lowest BCUT2D eigenvalue weighted by Crippen LogP contribution is -2.29. The van der Waals surface area contributed by atoms with Crippen LogP contribution in [0.2, 0.25) is 0 Å². The lowest BCUT2D eigenvalue weighted by molar-refractivity contribution is 0.0932. The average Bonchev–Trinajstić information content (AvgIpc) is 2.79. The summed E-state index contributed by atoms with van der Waals surface area (Å²) in [5.74, 6) is 0.331. The van der Waals surface area contributed by atoms with Crippen LogP contribution >= 0.6 is 0 Å². The van der Waals surface area contributed by atoms with Gasteiger partial charge in [-0.15, -0.1) is 0 Å². The van der Waals surface area contributed by atoms with Crippen LogP contribution in [0.3, 0.4) is 0 Å². The first-order valence-electron chi connectivity index (χ1n) is 11.5. The summed E-state index contributed by atoms with van der Waals surface area (Å²) >= 11 is 0. The Kier molecular flexibility index (Phi) is 8.07. The molecule has 32 heavy (non-hydrogen) atoms. The fourth-order valence-corrected chi connectivity index (χ4v) is 4.02. The molecule has 4 heteroatoms. The molecule has 0 spiro atoms. The third-order valence-corrected chi connectivity index (χ3v) is 5.78. The highest BCUT2D eigenvalue weighted by Crippen LogP contribution is 2.27. The van der Waals surface area contributed by atoms with Crippen LogP contribution < -0.4 is 16.8 Å². The van der Waals surface area contributed by atoms with E-state index in [1.54, 1.807) is 12.1 Å². The van der Waals surface area contributed by atoms with Gasteiger partial charge in [-0.2, -0.15) is 0 Å². The van der Waals surface area contributed by atoms with Crippen LogP contribution in [0.5, 0.6) is 0 Å².